The van der Waals surface area contributed by atoms with Gasteiger partial charge >= 0.3 is 0 Å². The van der Waals surface area contributed by atoms with E-state index in [1.807, 2.05) is 13.8 Å². The number of hydrogen-bond donors (Lipinski definition) is 1. The summed E-state index contributed by atoms with van der Waals surface area (Å²) in [6, 6.07) is -0.0290. The second kappa shape index (κ2) is 6.06. The van der Waals surface area contributed by atoms with Gasteiger partial charge in [0.05, 0.1) is 11.4 Å². The number of nitrogens with zero attached hydrogens (tertiary/aromatic N) is 3. The molecule has 0 aromatic carbocycles. The molecule has 2 heterocycles. The molecule has 2 atom stereocenters. The van der Waals surface area contributed by atoms with Gasteiger partial charge < -0.3 is 4.90 Å². The molecule has 1 aromatic heterocycles. The molecule has 2 unspecified atom stereocenters. The molecular weight excluding hydrogens is 288 g/mol. The maximum atomic E-state index is 12.7. The monoisotopic (exact) mass is 314 g/mol. The molecule has 0 spiro atoms. The standard InChI is InChI=1S/C14H26N4O2S/c1-6-17-8-10(3)13(9-17)16-21(19,20)14-11(4)15-18(7-2)12(14)5/h10,13,16H,6-9H2,1-5H3. The molecule has 120 valence electrons. The molecule has 1 aliphatic heterocycles. The first-order valence-corrected chi connectivity index (χ1v) is 9.07. The van der Waals surface area contributed by atoms with Gasteiger partial charge in [-0.25, -0.2) is 13.1 Å². The number of aryl methyl sites for hydroxylation is 2. The Hall–Kier alpha value is -0.920. The number of sulfonamides is 1. The Bertz CT molecular complexity index is 609. The van der Waals surface area contributed by atoms with E-state index in [0.29, 0.717) is 28.7 Å². The summed E-state index contributed by atoms with van der Waals surface area (Å²) in [6.07, 6.45) is 0. The van der Waals surface area contributed by atoms with Gasteiger partial charge in [-0.1, -0.05) is 13.8 Å². The van der Waals surface area contributed by atoms with Crippen molar-refractivity contribution in [2.75, 3.05) is 19.6 Å². The molecule has 1 fully saturated rings. The molecule has 1 aliphatic rings. The molecule has 7 heteroatoms. The van der Waals surface area contributed by atoms with Crippen LogP contribution >= 0.6 is 0 Å². The van der Waals surface area contributed by atoms with Crippen LogP contribution < -0.4 is 4.72 Å². The van der Waals surface area contributed by atoms with Crippen molar-refractivity contribution in [1.29, 1.82) is 0 Å². The highest BCUT2D eigenvalue weighted by atomic mass is 32.2. The number of aromatic nitrogens is 2. The molecule has 2 rings (SSSR count). The lowest BCUT2D eigenvalue weighted by Gasteiger charge is -2.17. The molecule has 0 aliphatic carbocycles. The van der Waals surface area contributed by atoms with E-state index in [4.69, 9.17) is 0 Å². The van der Waals surface area contributed by atoms with Crippen LogP contribution in [0.15, 0.2) is 4.90 Å². The van der Waals surface area contributed by atoms with Crippen LogP contribution in [0.25, 0.3) is 0 Å². The lowest BCUT2D eigenvalue weighted by molar-refractivity contribution is 0.344. The zero-order valence-electron chi connectivity index (χ0n) is 13.5. The third-order valence-electron chi connectivity index (χ3n) is 4.33. The van der Waals surface area contributed by atoms with Crippen LogP contribution in [0.1, 0.15) is 32.2 Å². The average molecular weight is 314 g/mol. The smallest absolute Gasteiger partial charge is 0.244 e. The Morgan fingerprint density at radius 3 is 2.38 bits per heavy atom. The average Bonchev–Trinajstić information content (AvgIpc) is 2.89. The van der Waals surface area contributed by atoms with Gasteiger partial charge in [-0.2, -0.15) is 5.10 Å². The summed E-state index contributed by atoms with van der Waals surface area (Å²) in [4.78, 5) is 2.61. The SMILES string of the molecule is CCN1CC(C)C(NS(=O)(=O)c2c(C)nn(CC)c2C)C1. The number of nitrogens with one attached hydrogen (secondary N) is 1. The molecule has 0 bridgehead atoms. The van der Waals surface area contributed by atoms with Crippen molar-refractivity contribution in [2.24, 2.45) is 5.92 Å². The maximum absolute atomic E-state index is 12.7. The van der Waals surface area contributed by atoms with Crippen molar-refractivity contribution < 1.29 is 8.42 Å². The Morgan fingerprint density at radius 2 is 1.90 bits per heavy atom. The van der Waals surface area contributed by atoms with Crippen molar-refractivity contribution in [1.82, 2.24) is 19.4 Å². The van der Waals surface area contributed by atoms with Crippen LogP contribution in [0.4, 0.5) is 0 Å². The minimum absolute atomic E-state index is 0.0290. The summed E-state index contributed by atoms with van der Waals surface area (Å²) in [7, 11) is -3.52. The van der Waals surface area contributed by atoms with E-state index >= 15 is 0 Å². The first kappa shape index (κ1) is 16.5. The maximum Gasteiger partial charge on any atom is 0.244 e. The fourth-order valence-corrected chi connectivity index (χ4v) is 4.86. The van der Waals surface area contributed by atoms with Crippen molar-refractivity contribution in [3.63, 3.8) is 0 Å². The van der Waals surface area contributed by atoms with E-state index in [-0.39, 0.29) is 6.04 Å². The molecule has 0 radical (unpaired) electrons. The zero-order valence-corrected chi connectivity index (χ0v) is 14.4. The van der Waals surface area contributed by atoms with Gasteiger partial charge in [-0.05, 0) is 33.2 Å². The number of hydrogen-bond acceptors (Lipinski definition) is 4. The molecule has 0 amide bonds. The van der Waals surface area contributed by atoms with Crippen molar-refractivity contribution in [2.45, 2.75) is 52.1 Å². The van der Waals surface area contributed by atoms with Crippen LogP contribution in [0.2, 0.25) is 0 Å². The van der Waals surface area contributed by atoms with E-state index in [1.54, 1.807) is 11.6 Å². The van der Waals surface area contributed by atoms with Gasteiger partial charge in [0.2, 0.25) is 10.0 Å². The van der Waals surface area contributed by atoms with Crippen LogP contribution in [0.5, 0.6) is 0 Å². The second-order valence-corrected chi connectivity index (χ2v) is 7.52. The molecular formula is C14H26N4O2S. The van der Waals surface area contributed by atoms with Crippen LogP contribution in [0, 0.1) is 19.8 Å². The largest absolute Gasteiger partial charge is 0.302 e. The third-order valence-corrected chi connectivity index (χ3v) is 6.07. The first-order chi connectivity index (χ1) is 9.80. The van der Waals surface area contributed by atoms with Crippen molar-refractivity contribution >= 4 is 10.0 Å². The minimum atomic E-state index is -3.52. The molecule has 1 aromatic rings. The van der Waals surface area contributed by atoms with Crippen LogP contribution in [-0.2, 0) is 16.6 Å². The summed E-state index contributed by atoms with van der Waals surface area (Å²) in [6.45, 7) is 13.1. The molecule has 6 nitrogen and oxygen atoms in total. The normalized spacial score (nSPS) is 23.9. The van der Waals surface area contributed by atoms with Gasteiger partial charge in [-0.3, -0.25) is 4.68 Å². The molecule has 0 saturated carbocycles. The summed E-state index contributed by atoms with van der Waals surface area (Å²) in [5.74, 6) is 0.321. The van der Waals surface area contributed by atoms with E-state index in [2.05, 4.69) is 28.6 Å². The van der Waals surface area contributed by atoms with E-state index < -0.39 is 10.0 Å². The fourth-order valence-electron chi connectivity index (χ4n) is 3.11. The van der Waals surface area contributed by atoms with Crippen molar-refractivity contribution in [3.05, 3.63) is 11.4 Å². The van der Waals surface area contributed by atoms with Gasteiger partial charge in [0.25, 0.3) is 0 Å². The Morgan fingerprint density at radius 1 is 1.24 bits per heavy atom. The van der Waals surface area contributed by atoms with Gasteiger partial charge in [0.15, 0.2) is 0 Å². The molecule has 1 N–H and O–H groups in total. The Balaban J connectivity index is 2.25. The quantitative estimate of drug-likeness (QED) is 0.885. The summed E-state index contributed by atoms with van der Waals surface area (Å²) < 4.78 is 30.1. The predicted octanol–water partition coefficient (Wildman–Crippen LogP) is 1.14. The third kappa shape index (κ3) is 3.14. The van der Waals surface area contributed by atoms with Crippen molar-refractivity contribution in [3.8, 4) is 0 Å². The van der Waals surface area contributed by atoms with E-state index in [1.165, 1.54) is 0 Å². The summed E-state index contributed by atoms with van der Waals surface area (Å²) in [5.41, 5.74) is 1.28. The lowest BCUT2D eigenvalue weighted by Crippen LogP contribution is -2.40. The number of rotatable bonds is 5. The van der Waals surface area contributed by atoms with Gasteiger partial charge in [0, 0.05) is 25.7 Å². The topological polar surface area (TPSA) is 67.2 Å². The Kier molecular flexibility index (Phi) is 4.75. The van der Waals surface area contributed by atoms with Gasteiger partial charge in [-0.15, -0.1) is 0 Å². The van der Waals surface area contributed by atoms with E-state index in [9.17, 15) is 8.42 Å². The first-order valence-electron chi connectivity index (χ1n) is 7.58. The van der Waals surface area contributed by atoms with Crippen LogP contribution in [-0.4, -0.2) is 48.8 Å². The van der Waals surface area contributed by atoms with Crippen LogP contribution in [0.3, 0.4) is 0 Å². The van der Waals surface area contributed by atoms with Gasteiger partial charge in [0.1, 0.15) is 4.90 Å². The molecule has 1 saturated heterocycles. The highest BCUT2D eigenvalue weighted by molar-refractivity contribution is 7.89. The van der Waals surface area contributed by atoms with E-state index in [0.717, 1.165) is 19.6 Å². The summed E-state index contributed by atoms with van der Waals surface area (Å²) in [5, 5.41) is 4.31. The minimum Gasteiger partial charge on any atom is -0.302 e. The highest BCUT2D eigenvalue weighted by Gasteiger charge is 2.34. The number of likely N-dealkylation sites (tertiary alicyclic amines) is 1. The Labute approximate surface area is 127 Å². The zero-order chi connectivity index (χ0) is 15.8. The number of likely N-dealkylation sites (N-methyl/N-ethyl adjacent to an activating group) is 1. The predicted molar refractivity (Wildman–Crippen MR) is 82.8 cm³/mol. The molecule has 21 heavy (non-hydrogen) atoms. The second-order valence-electron chi connectivity index (χ2n) is 5.87. The highest BCUT2D eigenvalue weighted by Crippen LogP contribution is 2.23. The fraction of sp³-hybridized carbons (Fsp3) is 0.786. The summed E-state index contributed by atoms with van der Waals surface area (Å²) >= 11 is 0. The lowest BCUT2D eigenvalue weighted by atomic mass is 10.1.